The van der Waals surface area contributed by atoms with Crippen LogP contribution >= 0.6 is 0 Å². The molecule has 0 bridgehead atoms. The Bertz CT molecular complexity index is 725. The van der Waals surface area contributed by atoms with E-state index in [2.05, 4.69) is 0 Å². The monoisotopic (exact) mass is 646 g/mol. The molecule has 0 aliphatic heterocycles. The van der Waals surface area contributed by atoms with Gasteiger partial charge in [-0.3, -0.25) is 4.74 Å². The maximum atomic E-state index is 14.5. The lowest BCUT2D eigenvalue weighted by Crippen LogP contribution is -2.68. The van der Waals surface area contributed by atoms with Crippen molar-refractivity contribution >= 4 is 0 Å². The van der Waals surface area contributed by atoms with Crippen molar-refractivity contribution < 1.29 is 110 Å². The fourth-order valence-electron chi connectivity index (χ4n) is 3.07. The average molecular weight is 646 g/mol. The summed E-state index contributed by atoms with van der Waals surface area (Å²) in [6.07, 6.45) is -71.3. The molecule has 0 radical (unpaired) electrons. The third-order valence-electron chi connectivity index (χ3n) is 4.36. The molecular formula is C14H6F24O. The number of ether oxygens (including phenoxy) is 1. The van der Waals surface area contributed by atoms with Gasteiger partial charge in [-0.15, -0.1) is 0 Å². The Kier molecular flexibility index (Phi) is 9.54. The van der Waals surface area contributed by atoms with E-state index in [0.29, 0.717) is 0 Å². The molecule has 0 rings (SSSR count). The molecule has 2 atom stereocenters. The Morgan fingerprint density at radius 3 is 0.641 bits per heavy atom. The summed E-state index contributed by atoms with van der Waals surface area (Å²) >= 11 is 0. The van der Waals surface area contributed by atoms with Gasteiger partial charge < -0.3 is 0 Å². The summed E-state index contributed by atoms with van der Waals surface area (Å²) in [5.41, 5.74) is -15.5. The highest BCUT2D eigenvalue weighted by atomic mass is 19.4. The zero-order valence-electron chi connectivity index (χ0n) is 17.0. The van der Waals surface area contributed by atoms with Crippen LogP contribution in [0.15, 0.2) is 0 Å². The van der Waals surface area contributed by atoms with Crippen molar-refractivity contribution in [2.24, 2.45) is 11.8 Å². The molecule has 0 amide bonds. The summed E-state index contributed by atoms with van der Waals surface area (Å²) in [6, 6.07) is 0. The zero-order valence-corrected chi connectivity index (χ0v) is 17.0. The number of alkyl halides is 24. The van der Waals surface area contributed by atoms with Crippen LogP contribution in [0.3, 0.4) is 0 Å². The van der Waals surface area contributed by atoms with E-state index in [4.69, 9.17) is 0 Å². The van der Waals surface area contributed by atoms with Crippen LogP contribution in [0.2, 0.25) is 0 Å². The molecule has 236 valence electrons. The summed E-state index contributed by atoms with van der Waals surface area (Å²) in [5, 5.41) is 0. The van der Waals surface area contributed by atoms with E-state index in [9.17, 15) is 105 Å². The lowest BCUT2D eigenvalue weighted by Gasteiger charge is -2.45. The minimum absolute atomic E-state index is 1.37. The van der Waals surface area contributed by atoms with E-state index >= 15 is 0 Å². The fourth-order valence-corrected chi connectivity index (χ4v) is 3.07. The Labute approximate surface area is 197 Å². The molecule has 1 nitrogen and oxygen atoms in total. The highest BCUT2D eigenvalue weighted by molar-refractivity contribution is 5.06. The van der Waals surface area contributed by atoms with Crippen LogP contribution in [0.5, 0.6) is 0 Å². The molecule has 0 aromatic carbocycles. The van der Waals surface area contributed by atoms with Crippen LogP contribution in [-0.4, -0.2) is 60.6 Å². The third-order valence-corrected chi connectivity index (χ3v) is 4.36. The fraction of sp³-hybridized carbons (Fsp3) is 1.00. The molecule has 2 unspecified atom stereocenters. The SMILES string of the molecule is FC(F)(F)CC(F)(C(C(F)(F)F)C(F)(F)F)C(F)(F)OC(F)(F)C(F)(CC(F)(F)F)C(C(F)(F)F)C(F)(F)F. The first-order chi connectivity index (χ1) is 16.4. The summed E-state index contributed by atoms with van der Waals surface area (Å²) in [4.78, 5) is 0. The minimum Gasteiger partial charge on any atom is -0.250 e. The average Bonchev–Trinajstić information content (AvgIpc) is 2.42. The highest BCUT2D eigenvalue weighted by Gasteiger charge is 2.83. The molecule has 0 aromatic rings. The predicted molar refractivity (Wildman–Crippen MR) is 71.2 cm³/mol. The zero-order chi connectivity index (χ0) is 32.3. The summed E-state index contributed by atoms with van der Waals surface area (Å²) in [6.45, 7) is 0. The standard InChI is InChI=1S/C14H6F24O/c15-5(1-7(17,18)19,3(9(23,24)25)10(26,27)28)13(35,36)39-14(37,38)6(16,2-8(20,21)22)4(11(29,30)31)12(32,33)34/h3-4H,1-2H2. The quantitative estimate of drug-likeness (QED) is 0.240. The van der Waals surface area contributed by atoms with Crippen LogP contribution in [0.1, 0.15) is 12.8 Å². The van der Waals surface area contributed by atoms with Gasteiger partial charge >= 0.3 is 49.3 Å². The molecule has 0 aromatic heterocycles. The van der Waals surface area contributed by atoms with E-state index in [1.807, 2.05) is 0 Å². The van der Waals surface area contributed by atoms with Crippen molar-refractivity contribution in [1.82, 2.24) is 0 Å². The second-order valence-corrected chi connectivity index (χ2v) is 7.48. The molecule has 0 saturated carbocycles. The van der Waals surface area contributed by atoms with Crippen LogP contribution in [0, 0.1) is 11.8 Å². The Morgan fingerprint density at radius 2 is 0.513 bits per heavy atom. The maximum absolute atomic E-state index is 14.5. The smallest absolute Gasteiger partial charge is 0.250 e. The molecule has 25 heteroatoms. The van der Waals surface area contributed by atoms with Gasteiger partial charge in [0.2, 0.25) is 11.3 Å². The summed E-state index contributed by atoms with van der Waals surface area (Å²) in [5.74, 6) is -13.6. The van der Waals surface area contributed by atoms with Crippen molar-refractivity contribution in [2.75, 3.05) is 0 Å². The van der Waals surface area contributed by atoms with Gasteiger partial charge in [0.25, 0.3) is 0 Å². The Balaban J connectivity index is 7.51. The van der Waals surface area contributed by atoms with Gasteiger partial charge in [0, 0.05) is 0 Å². The predicted octanol–water partition coefficient (Wildman–Crippen LogP) is 8.99. The minimum atomic E-state index is -8.27. The molecule has 0 saturated heterocycles. The Hall–Kier alpha value is -1.72. The van der Waals surface area contributed by atoms with Gasteiger partial charge in [-0.1, -0.05) is 0 Å². The summed E-state index contributed by atoms with van der Waals surface area (Å²) < 4.78 is 314. The van der Waals surface area contributed by atoms with Gasteiger partial charge in [-0.2, -0.15) is 96.6 Å². The van der Waals surface area contributed by atoms with Gasteiger partial charge in [0.15, 0.2) is 11.8 Å². The third kappa shape index (κ3) is 8.63. The largest absolute Gasteiger partial charge is 0.403 e. The molecule has 0 aliphatic carbocycles. The summed E-state index contributed by atoms with van der Waals surface area (Å²) in [7, 11) is 0. The first-order valence-corrected chi connectivity index (χ1v) is 8.59. The molecular weight excluding hydrogens is 640 g/mol. The number of hydrogen-bond acceptors (Lipinski definition) is 1. The normalized spacial score (nSPS) is 18.9. The first kappa shape index (κ1) is 37.3. The van der Waals surface area contributed by atoms with Crippen molar-refractivity contribution in [3.8, 4) is 0 Å². The molecule has 0 aliphatic rings. The highest BCUT2D eigenvalue weighted by Crippen LogP contribution is 2.61. The van der Waals surface area contributed by atoms with E-state index in [-0.39, 0.29) is 0 Å². The second kappa shape index (κ2) is 9.98. The van der Waals surface area contributed by atoms with Gasteiger partial charge in [0.1, 0.15) is 0 Å². The maximum Gasteiger partial charge on any atom is 0.403 e. The first-order valence-electron chi connectivity index (χ1n) is 8.59. The van der Waals surface area contributed by atoms with Crippen molar-refractivity contribution in [1.29, 1.82) is 0 Å². The number of halogens is 24. The number of hydrogen-bond donors (Lipinski definition) is 0. The lowest BCUT2D eigenvalue weighted by atomic mass is 9.81. The van der Waals surface area contributed by atoms with Crippen LogP contribution < -0.4 is 0 Å². The van der Waals surface area contributed by atoms with E-state index in [1.54, 1.807) is 0 Å². The van der Waals surface area contributed by atoms with Crippen LogP contribution in [-0.2, 0) is 4.74 Å². The molecule has 0 spiro atoms. The Morgan fingerprint density at radius 1 is 0.333 bits per heavy atom. The topological polar surface area (TPSA) is 9.23 Å². The van der Waals surface area contributed by atoms with Gasteiger partial charge in [0.05, 0.1) is 12.8 Å². The van der Waals surface area contributed by atoms with Crippen molar-refractivity contribution in [3.63, 3.8) is 0 Å². The second-order valence-electron chi connectivity index (χ2n) is 7.48. The van der Waals surface area contributed by atoms with Gasteiger partial charge in [-0.25, -0.2) is 8.78 Å². The van der Waals surface area contributed by atoms with Gasteiger partial charge in [-0.05, 0) is 0 Å². The molecule has 0 fully saturated rings. The lowest BCUT2D eigenvalue weighted by molar-refractivity contribution is -0.486. The number of rotatable bonds is 8. The van der Waals surface area contributed by atoms with Crippen molar-refractivity contribution in [2.45, 2.75) is 73.5 Å². The van der Waals surface area contributed by atoms with E-state index in [1.165, 1.54) is 4.74 Å². The van der Waals surface area contributed by atoms with E-state index < -0.39 is 85.3 Å². The molecule has 39 heavy (non-hydrogen) atoms. The molecule has 0 heterocycles. The molecule has 0 N–H and O–H groups in total. The van der Waals surface area contributed by atoms with Crippen molar-refractivity contribution in [3.05, 3.63) is 0 Å². The van der Waals surface area contributed by atoms with Crippen LogP contribution in [0.4, 0.5) is 105 Å². The van der Waals surface area contributed by atoms with Crippen LogP contribution in [0.25, 0.3) is 0 Å². The van der Waals surface area contributed by atoms with E-state index in [0.717, 1.165) is 0 Å².